The molecule has 1 aliphatic heterocycles. The van der Waals surface area contributed by atoms with E-state index in [2.05, 4.69) is 41.3 Å². The van der Waals surface area contributed by atoms with Gasteiger partial charge in [0, 0.05) is 6.54 Å². The Labute approximate surface area is 127 Å². The second-order valence-corrected chi connectivity index (χ2v) is 5.72. The highest BCUT2D eigenvalue weighted by atomic mass is 16.5. The van der Waals surface area contributed by atoms with Crippen LogP contribution in [0.15, 0.2) is 54.6 Å². The van der Waals surface area contributed by atoms with Crippen LogP contribution in [0, 0.1) is 0 Å². The lowest BCUT2D eigenvalue weighted by Crippen LogP contribution is -2.21. The number of hydrogen-bond donors (Lipinski definition) is 0. The van der Waals surface area contributed by atoms with E-state index in [1.54, 1.807) is 0 Å². The van der Waals surface area contributed by atoms with Crippen molar-refractivity contribution in [2.75, 3.05) is 19.6 Å². The van der Waals surface area contributed by atoms with E-state index in [1.807, 2.05) is 18.2 Å². The van der Waals surface area contributed by atoms with Crippen LogP contribution < -0.4 is 4.74 Å². The molecule has 21 heavy (non-hydrogen) atoms. The first-order valence-electron chi connectivity index (χ1n) is 7.88. The normalized spacial score (nSPS) is 15.2. The van der Waals surface area contributed by atoms with Crippen LogP contribution in [0.5, 0.6) is 5.75 Å². The summed E-state index contributed by atoms with van der Waals surface area (Å²) in [5.74, 6) is 0.948. The highest BCUT2D eigenvalue weighted by Gasteiger charge is 2.10. The third-order valence-electron chi connectivity index (χ3n) is 4.09. The lowest BCUT2D eigenvalue weighted by molar-refractivity contribution is 0.306. The molecule has 1 heterocycles. The SMILES string of the molecule is c1ccc(COc2ccc(CCN3CCCC3)cc2)cc1. The molecular formula is C19H23NO. The van der Waals surface area contributed by atoms with Crippen LogP contribution in [0.4, 0.5) is 0 Å². The molecule has 3 rings (SSSR count). The standard InChI is InChI=1S/C19H23NO/c1-2-6-18(7-3-1)16-21-19-10-8-17(9-11-19)12-15-20-13-4-5-14-20/h1-3,6-11H,4-5,12-16H2. The van der Waals surface area contributed by atoms with Crippen molar-refractivity contribution in [3.8, 4) is 5.75 Å². The van der Waals surface area contributed by atoms with Crippen LogP contribution in [0.1, 0.15) is 24.0 Å². The van der Waals surface area contributed by atoms with Crippen molar-refractivity contribution in [1.29, 1.82) is 0 Å². The predicted octanol–water partition coefficient (Wildman–Crippen LogP) is 3.90. The fourth-order valence-corrected chi connectivity index (χ4v) is 2.79. The van der Waals surface area contributed by atoms with Gasteiger partial charge in [-0.05, 0) is 55.6 Å². The Morgan fingerprint density at radius 2 is 1.52 bits per heavy atom. The van der Waals surface area contributed by atoms with Crippen LogP contribution in [-0.2, 0) is 13.0 Å². The fraction of sp³-hybridized carbons (Fsp3) is 0.368. The van der Waals surface area contributed by atoms with E-state index < -0.39 is 0 Å². The average molecular weight is 281 g/mol. The summed E-state index contributed by atoms with van der Waals surface area (Å²) in [6.07, 6.45) is 3.87. The summed E-state index contributed by atoms with van der Waals surface area (Å²) in [6.45, 7) is 4.37. The zero-order valence-corrected chi connectivity index (χ0v) is 12.5. The minimum Gasteiger partial charge on any atom is -0.489 e. The van der Waals surface area contributed by atoms with Crippen molar-refractivity contribution >= 4 is 0 Å². The van der Waals surface area contributed by atoms with E-state index in [9.17, 15) is 0 Å². The molecule has 110 valence electrons. The van der Waals surface area contributed by atoms with Crippen LogP contribution in [0.3, 0.4) is 0 Å². The monoisotopic (exact) mass is 281 g/mol. The largest absolute Gasteiger partial charge is 0.489 e. The summed E-state index contributed by atoms with van der Waals surface area (Å²) in [5.41, 5.74) is 2.60. The van der Waals surface area contributed by atoms with Gasteiger partial charge in [-0.2, -0.15) is 0 Å². The van der Waals surface area contributed by atoms with Gasteiger partial charge < -0.3 is 9.64 Å². The van der Waals surface area contributed by atoms with Gasteiger partial charge in [-0.25, -0.2) is 0 Å². The summed E-state index contributed by atoms with van der Waals surface area (Å²) in [4.78, 5) is 2.56. The average Bonchev–Trinajstić information content (AvgIpc) is 3.06. The molecule has 2 heteroatoms. The molecular weight excluding hydrogens is 258 g/mol. The first kappa shape index (κ1) is 14.2. The van der Waals surface area contributed by atoms with Crippen molar-refractivity contribution in [3.05, 3.63) is 65.7 Å². The zero-order chi connectivity index (χ0) is 14.3. The van der Waals surface area contributed by atoms with Gasteiger partial charge in [-0.1, -0.05) is 42.5 Å². The number of benzene rings is 2. The van der Waals surface area contributed by atoms with Crippen LogP contribution in [-0.4, -0.2) is 24.5 Å². The van der Waals surface area contributed by atoms with Gasteiger partial charge >= 0.3 is 0 Å². The topological polar surface area (TPSA) is 12.5 Å². The predicted molar refractivity (Wildman–Crippen MR) is 86.6 cm³/mol. The smallest absolute Gasteiger partial charge is 0.119 e. The zero-order valence-electron chi connectivity index (χ0n) is 12.5. The number of likely N-dealkylation sites (tertiary alicyclic amines) is 1. The van der Waals surface area contributed by atoms with E-state index in [0.717, 1.165) is 12.2 Å². The van der Waals surface area contributed by atoms with Gasteiger partial charge in [0.2, 0.25) is 0 Å². The second-order valence-electron chi connectivity index (χ2n) is 5.72. The molecule has 0 aromatic heterocycles. The summed E-state index contributed by atoms with van der Waals surface area (Å²) in [6, 6.07) is 18.8. The highest BCUT2D eigenvalue weighted by molar-refractivity contribution is 5.28. The molecule has 0 bridgehead atoms. The van der Waals surface area contributed by atoms with E-state index in [-0.39, 0.29) is 0 Å². The van der Waals surface area contributed by atoms with E-state index >= 15 is 0 Å². The third-order valence-corrected chi connectivity index (χ3v) is 4.09. The quantitative estimate of drug-likeness (QED) is 0.796. The Bertz CT molecular complexity index is 529. The Kier molecular flexibility index (Phi) is 4.90. The van der Waals surface area contributed by atoms with E-state index in [1.165, 1.54) is 43.6 Å². The Morgan fingerprint density at radius 3 is 2.24 bits per heavy atom. The molecule has 1 aliphatic rings. The summed E-state index contributed by atoms with van der Waals surface area (Å²) in [7, 11) is 0. The molecule has 2 nitrogen and oxygen atoms in total. The minimum absolute atomic E-state index is 0.633. The van der Waals surface area contributed by atoms with Gasteiger partial charge in [0.15, 0.2) is 0 Å². The maximum atomic E-state index is 5.81. The Morgan fingerprint density at radius 1 is 0.810 bits per heavy atom. The lowest BCUT2D eigenvalue weighted by Gasteiger charge is -2.14. The first-order chi connectivity index (χ1) is 10.4. The molecule has 0 radical (unpaired) electrons. The summed E-state index contributed by atoms with van der Waals surface area (Å²) >= 11 is 0. The van der Waals surface area contributed by atoms with Crippen LogP contribution >= 0.6 is 0 Å². The highest BCUT2D eigenvalue weighted by Crippen LogP contribution is 2.15. The van der Waals surface area contributed by atoms with Crippen molar-refractivity contribution in [2.45, 2.75) is 25.9 Å². The van der Waals surface area contributed by atoms with Crippen LogP contribution in [0.2, 0.25) is 0 Å². The van der Waals surface area contributed by atoms with Gasteiger partial charge in [-0.3, -0.25) is 0 Å². The lowest BCUT2D eigenvalue weighted by atomic mass is 10.1. The third kappa shape index (κ3) is 4.33. The molecule has 0 aliphatic carbocycles. The number of ether oxygens (including phenoxy) is 1. The van der Waals surface area contributed by atoms with Gasteiger partial charge in [0.1, 0.15) is 12.4 Å². The molecule has 1 saturated heterocycles. The molecule has 2 aromatic rings. The molecule has 1 fully saturated rings. The van der Waals surface area contributed by atoms with E-state index in [0.29, 0.717) is 6.61 Å². The van der Waals surface area contributed by atoms with Crippen molar-refractivity contribution in [3.63, 3.8) is 0 Å². The maximum Gasteiger partial charge on any atom is 0.119 e. The molecule has 0 spiro atoms. The fourth-order valence-electron chi connectivity index (χ4n) is 2.79. The molecule has 0 atom stereocenters. The molecule has 0 amide bonds. The molecule has 0 unspecified atom stereocenters. The summed E-state index contributed by atoms with van der Waals surface area (Å²) < 4.78 is 5.81. The van der Waals surface area contributed by atoms with E-state index in [4.69, 9.17) is 4.74 Å². The van der Waals surface area contributed by atoms with Crippen molar-refractivity contribution < 1.29 is 4.74 Å². The maximum absolute atomic E-state index is 5.81. The second kappa shape index (κ2) is 7.28. The van der Waals surface area contributed by atoms with Crippen molar-refractivity contribution in [1.82, 2.24) is 4.90 Å². The minimum atomic E-state index is 0.633. The van der Waals surface area contributed by atoms with Crippen LogP contribution in [0.25, 0.3) is 0 Å². The Hall–Kier alpha value is -1.80. The molecule has 0 N–H and O–H groups in total. The molecule has 0 saturated carbocycles. The van der Waals surface area contributed by atoms with Gasteiger partial charge in [0.05, 0.1) is 0 Å². The summed E-state index contributed by atoms with van der Waals surface area (Å²) in [5, 5.41) is 0. The van der Waals surface area contributed by atoms with Crippen molar-refractivity contribution in [2.24, 2.45) is 0 Å². The number of nitrogens with zero attached hydrogens (tertiary/aromatic N) is 1. The Balaban J connectivity index is 1.47. The van der Waals surface area contributed by atoms with Gasteiger partial charge in [-0.15, -0.1) is 0 Å². The number of hydrogen-bond acceptors (Lipinski definition) is 2. The van der Waals surface area contributed by atoms with Gasteiger partial charge in [0.25, 0.3) is 0 Å². The number of rotatable bonds is 6. The molecule has 2 aromatic carbocycles. The first-order valence-corrected chi connectivity index (χ1v) is 7.88.